The maximum atomic E-state index is 10.3. The van der Waals surface area contributed by atoms with E-state index in [9.17, 15) is 5.11 Å². The Balaban J connectivity index is 1.92. The summed E-state index contributed by atoms with van der Waals surface area (Å²) in [6.45, 7) is 0. The first-order valence-corrected chi connectivity index (χ1v) is 4.82. The topological polar surface area (TPSA) is 42.2 Å². The van der Waals surface area contributed by atoms with E-state index in [2.05, 4.69) is 5.32 Å². The monoisotopic (exact) mass is 175 g/mol. The molecule has 68 valence electrons. The Morgan fingerprint density at radius 2 is 1.77 bits per heavy atom. The molecular weight excluding hydrogens is 162 g/mol. The van der Waals surface area contributed by atoms with Gasteiger partial charge in [0.15, 0.2) is 0 Å². The van der Waals surface area contributed by atoms with Gasteiger partial charge < -0.3 is 10.4 Å². The average Bonchev–Trinajstić information content (AvgIpc) is 2.77. The summed E-state index contributed by atoms with van der Waals surface area (Å²) in [4.78, 5) is 0. The van der Waals surface area contributed by atoms with Crippen molar-refractivity contribution in [2.75, 3.05) is 0 Å². The molecule has 1 aliphatic heterocycles. The normalized spacial score (nSPS) is 41.6. The van der Waals surface area contributed by atoms with Crippen LogP contribution in [0, 0.1) is 0 Å². The van der Waals surface area contributed by atoms with Gasteiger partial charge in [-0.15, -0.1) is 0 Å². The molecule has 2 heteroatoms. The number of hydrogen-bond acceptors (Lipinski definition) is 2. The fraction of sp³-hybridized carbons (Fsp3) is 0.455. The lowest BCUT2D eigenvalue weighted by molar-refractivity contribution is 0.0346. The Morgan fingerprint density at radius 1 is 1.15 bits per heavy atom. The first-order chi connectivity index (χ1) is 6.28. The van der Waals surface area contributed by atoms with E-state index in [1.54, 1.807) is 0 Å². The number of benzene rings is 1. The van der Waals surface area contributed by atoms with Gasteiger partial charge in [0, 0.05) is 12.1 Å². The van der Waals surface area contributed by atoms with Crippen LogP contribution in [0.5, 0.6) is 0 Å². The Kier molecular flexibility index (Phi) is 1.35. The van der Waals surface area contributed by atoms with Gasteiger partial charge in [0.25, 0.3) is 0 Å². The number of hydrogen-bond donors (Lipinski definition) is 2. The van der Waals surface area contributed by atoms with Gasteiger partial charge in [0.1, 0.15) is 0 Å². The predicted octanol–water partition coefficient (Wildman–Crippen LogP) is 1.01. The zero-order chi connectivity index (χ0) is 8.89. The minimum absolute atomic E-state index is 0.554. The van der Waals surface area contributed by atoms with E-state index in [0.717, 1.165) is 18.4 Å². The third-order valence-electron chi connectivity index (χ3n) is 3.23. The molecule has 0 amide bonds. The highest BCUT2D eigenvalue weighted by Crippen LogP contribution is 2.44. The third-order valence-corrected chi connectivity index (χ3v) is 3.23. The van der Waals surface area contributed by atoms with Gasteiger partial charge in [-0.3, -0.25) is 0 Å². The average molecular weight is 175 g/mol. The molecule has 1 aromatic carbocycles. The molecule has 2 N–H and O–H groups in total. The van der Waals surface area contributed by atoms with Crippen LogP contribution in [-0.2, 0) is 5.60 Å². The maximum absolute atomic E-state index is 10.3. The van der Waals surface area contributed by atoms with E-state index < -0.39 is 5.60 Å². The summed E-state index contributed by atoms with van der Waals surface area (Å²) in [7, 11) is 0. The summed E-state index contributed by atoms with van der Waals surface area (Å²) in [6.07, 6.45) is 1.75. The standard InChI is InChI=1S/C11H13NO/c13-11(6-9-10(7-11)12-9)8-4-2-1-3-5-8/h1-5,9-10,12-13H,6-7H2. The molecule has 1 heterocycles. The molecule has 0 spiro atoms. The summed E-state index contributed by atoms with van der Waals surface area (Å²) in [6, 6.07) is 11.2. The fourth-order valence-electron chi connectivity index (χ4n) is 2.42. The fourth-order valence-corrected chi connectivity index (χ4v) is 2.42. The Labute approximate surface area is 77.6 Å². The molecule has 1 aliphatic carbocycles. The van der Waals surface area contributed by atoms with Crippen LogP contribution in [0.15, 0.2) is 30.3 Å². The van der Waals surface area contributed by atoms with Crippen LogP contribution in [0.3, 0.4) is 0 Å². The van der Waals surface area contributed by atoms with Crippen LogP contribution in [0.1, 0.15) is 18.4 Å². The van der Waals surface area contributed by atoms with Gasteiger partial charge in [0.05, 0.1) is 5.60 Å². The SMILES string of the molecule is OC1(c2ccccc2)CC2NC2C1. The Bertz CT molecular complexity index is 312. The quantitative estimate of drug-likeness (QED) is 0.625. The van der Waals surface area contributed by atoms with Crippen molar-refractivity contribution in [1.82, 2.24) is 5.32 Å². The minimum Gasteiger partial charge on any atom is -0.385 e. The Hall–Kier alpha value is -0.860. The van der Waals surface area contributed by atoms with Crippen LogP contribution in [-0.4, -0.2) is 17.2 Å². The number of aliphatic hydroxyl groups is 1. The van der Waals surface area contributed by atoms with Crippen LogP contribution in [0.4, 0.5) is 0 Å². The smallest absolute Gasteiger partial charge is 0.0927 e. The number of piperidine rings is 1. The highest BCUT2D eigenvalue weighted by Gasteiger charge is 2.53. The molecule has 2 fully saturated rings. The molecule has 13 heavy (non-hydrogen) atoms. The van der Waals surface area contributed by atoms with Crippen molar-refractivity contribution in [2.45, 2.75) is 30.5 Å². The lowest BCUT2D eigenvalue weighted by Crippen LogP contribution is -2.26. The molecule has 1 saturated heterocycles. The highest BCUT2D eigenvalue weighted by atomic mass is 16.3. The van der Waals surface area contributed by atoms with Crippen LogP contribution >= 0.6 is 0 Å². The van der Waals surface area contributed by atoms with Crippen molar-refractivity contribution in [3.05, 3.63) is 35.9 Å². The number of rotatable bonds is 1. The number of fused-ring (bicyclic) bond motifs is 1. The summed E-state index contributed by atoms with van der Waals surface area (Å²) in [5.41, 5.74) is 0.519. The second kappa shape index (κ2) is 2.34. The van der Waals surface area contributed by atoms with Crippen molar-refractivity contribution < 1.29 is 5.11 Å². The molecule has 0 aromatic heterocycles. The van der Waals surface area contributed by atoms with Crippen LogP contribution in [0.2, 0.25) is 0 Å². The summed E-state index contributed by atoms with van der Waals surface area (Å²) in [5, 5.41) is 13.7. The predicted molar refractivity (Wildman–Crippen MR) is 50.3 cm³/mol. The summed E-state index contributed by atoms with van der Waals surface area (Å²) >= 11 is 0. The van der Waals surface area contributed by atoms with Gasteiger partial charge in [-0.2, -0.15) is 0 Å². The van der Waals surface area contributed by atoms with E-state index in [1.807, 2.05) is 30.3 Å². The summed E-state index contributed by atoms with van der Waals surface area (Å²) in [5.74, 6) is 0. The van der Waals surface area contributed by atoms with Crippen molar-refractivity contribution >= 4 is 0 Å². The molecule has 2 unspecified atom stereocenters. The van der Waals surface area contributed by atoms with Crippen molar-refractivity contribution in [3.8, 4) is 0 Å². The van der Waals surface area contributed by atoms with E-state index in [0.29, 0.717) is 12.1 Å². The van der Waals surface area contributed by atoms with E-state index in [-0.39, 0.29) is 0 Å². The molecule has 0 radical (unpaired) electrons. The largest absolute Gasteiger partial charge is 0.385 e. The summed E-state index contributed by atoms with van der Waals surface area (Å²) < 4.78 is 0. The van der Waals surface area contributed by atoms with Crippen LogP contribution < -0.4 is 5.32 Å². The molecule has 3 rings (SSSR count). The molecule has 2 nitrogen and oxygen atoms in total. The van der Waals surface area contributed by atoms with Crippen molar-refractivity contribution in [3.63, 3.8) is 0 Å². The Morgan fingerprint density at radius 3 is 2.38 bits per heavy atom. The van der Waals surface area contributed by atoms with Gasteiger partial charge >= 0.3 is 0 Å². The van der Waals surface area contributed by atoms with Gasteiger partial charge in [0.2, 0.25) is 0 Å². The first kappa shape index (κ1) is 7.54. The molecule has 2 aliphatic rings. The lowest BCUT2D eigenvalue weighted by atomic mass is 9.91. The molecule has 1 aromatic rings. The highest BCUT2D eigenvalue weighted by molar-refractivity contribution is 5.28. The van der Waals surface area contributed by atoms with Crippen molar-refractivity contribution in [1.29, 1.82) is 0 Å². The zero-order valence-corrected chi connectivity index (χ0v) is 7.40. The molecular formula is C11H13NO. The van der Waals surface area contributed by atoms with Crippen molar-refractivity contribution in [2.24, 2.45) is 0 Å². The van der Waals surface area contributed by atoms with E-state index in [1.165, 1.54) is 0 Å². The zero-order valence-electron chi connectivity index (χ0n) is 7.40. The minimum atomic E-state index is -0.554. The molecule has 1 saturated carbocycles. The maximum Gasteiger partial charge on any atom is 0.0927 e. The third kappa shape index (κ3) is 1.10. The molecule has 2 atom stereocenters. The van der Waals surface area contributed by atoms with Gasteiger partial charge in [-0.05, 0) is 18.4 Å². The second-order valence-electron chi connectivity index (χ2n) is 4.19. The van der Waals surface area contributed by atoms with E-state index >= 15 is 0 Å². The molecule has 0 bridgehead atoms. The van der Waals surface area contributed by atoms with Gasteiger partial charge in [-0.1, -0.05) is 30.3 Å². The van der Waals surface area contributed by atoms with Crippen LogP contribution in [0.25, 0.3) is 0 Å². The first-order valence-electron chi connectivity index (χ1n) is 4.82. The number of nitrogens with one attached hydrogen (secondary N) is 1. The lowest BCUT2D eigenvalue weighted by Gasteiger charge is -2.24. The second-order valence-corrected chi connectivity index (χ2v) is 4.19. The van der Waals surface area contributed by atoms with Gasteiger partial charge in [-0.25, -0.2) is 0 Å². The van der Waals surface area contributed by atoms with E-state index in [4.69, 9.17) is 0 Å².